The molecule has 6 rings (SSSR count). The predicted molar refractivity (Wildman–Crippen MR) is 42.0 cm³/mol. The molecule has 11 heavy (non-hydrogen) atoms. The lowest BCUT2D eigenvalue weighted by atomic mass is 9.65. The molecular weight excluding hydrogens is 132 g/mol. The minimum absolute atomic E-state index is 0.873. The largest absolute Gasteiger partial charge is 0.0629 e. The van der Waals surface area contributed by atoms with Gasteiger partial charge in [0, 0.05) is 10.8 Å². The van der Waals surface area contributed by atoms with Gasteiger partial charge < -0.3 is 0 Å². The topological polar surface area (TPSA) is 0 Å². The second-order valence-corrected chi connectivity index (χ2v) is 5.43. The molecule has 6 aliphatic rings. The average molecular weight is 144 g/mol. The van der Waals surface area contributed by atoms with E-state index in [-0.39, 0.29) is 0 Å². The third kappa shape index (κ3) is 0.202. The van der Waals surface area contributed by atoms with Gasteiger partial charge in [0.25, 0.3) is 0 Å². The number of hydrogen-bond donors (Lipinski definition) is 0. The molecule has 0 heterocycles. The highest BCUT2D eigenvalue weighted by Gasteiger charge is 2.89. The monoisotopic (exact) mass is 144 g/mol. The molecule has 56 valence electrons. The van der Waals surface area contributed by atoms with Gasteiger partial charge in [0.2, 0.25) is 0 Å². The van der Waals surface area contributed by atoms with Crippen molar-refractivity contribution in [3.05, 3.63) is 11.1 Å². The van der Waals surface area contributed by atoms with Crippen molar-refractivity contribution in [1.29, 1.82) is 0 Å². The van der Waals surface area contributed by atoms with Crippen LogP contribution in [0.2, 0.25) is 0 Å². The minimum atomic E-state index is 0.873. The van der Waals surface area contributed by atoms with E-state index in [0.29, 0.717) is 0 Å². The van der Waals surface area contributed by atoms with Crippen LogP contribution in [0.4, 0.5) is 0 Å². The molecule has 4 unspecified atom stereocenters. The van der Waals surface area contributed by atoms with Gasteiger partial charge in [0.05, 0.1) is 0 Å². The molecule has 0 heteroatoms. The minimum Gasteiger partial charge on any atom is -0.0629 e. The number of fused-ring (bicyclic) bond motifs is 3. The van der Waals surface area contributed by atoms with E-state index in [1.54, 1.807) is 25.7 Å². The van der Waals surface area contributed by atoms with Gasteiger partial charge in [-0.15, -0.1) is 0 Å². The molecule has 2 spiro atoms. The van der Waals surface area contributed by atoms with Crippen LogP contribution >= 0.6 is 0 Å². The summed E-state index contributed by atoms with van der Waals surface area (Å²) in [6.07, 6.45) is 7.89. The van der Waals surface area contributed by atoms with Crippen LogP contribution in [-0.2, 0) is 0 Å². The first-order valence-electron chi connectivity index (χ1n) is 5.14. The molecule has 0 aliphatic heterocycles. The van der Waals surface area contributed by atoms with Crippen LogP contribution in [0.5, 0.6) is 0 Å². The molecule has 0 nitrogen and oxygen atoms in total. The molecule has 0 radical (unpaired) electrons. The number of allylic oxidation sites excluding steroid dienone is 2. The molecule has 0 aromatic heterocycles. The van der Waals surface area contributed by atoms with Gasteiger partial charge in [-0.25, -0.2) is 0 Å². The van der Waals surface area contributed by atoms with Crippen molar-refractivity contribution in [2.75, 3.05) is 0 Å². The fraction of sp³-hybridized carbons (Fsp3) is 0.818. The quantitative estimate of drug-likeness (QED) is 0.458. The first-order chi connectivity index (χ1) is 5.40. The zero-order valence-corrected chi connectivity index (χ0v) is 6.69. The molecule has 0 aromatic carbocycles. The Hall–Kier alpha value is -0.260. The van der Waals surface area contributed by atoms with E-state index in [1.165, 1.54) is 18.3 Å². The van der Waals surface area contributed by atoms with Crippen LogP contribution in [0.25, 0.3) is 0 Å². The van der Waals surface area contributed by atoms with Crippen molar-refractivity contribution in [3.63, 3.8) is 0 Å². The van der Waals surface area contributed by atoms with E-state index in [9.17, 15) is 0 Å². The maximum absolute atomic E-state index is 2.01. The van der Waals surface area contributed by atoms with Crippen LogP contribution < -0.4 is 0 Å². The number of rotatable bonds is 0. The maximum Gasteiger partial charge on any atom is 0.00831 e. The lowest BCUT2D eigenvalue weighted by molar-refractivity contribution is 0.222. The van der Waals surface area contributed by atoms with Gasteiger partial charge in [0.1, 0.15) is 0 Å². The standard InChI is InChI=1S/C11H12/c1-3-10-5-6(1)8-9-7(10)2-4-11(8,9)10/h6,8H,1-5H2. The molecule has 4 bridgehead atoms. The first kappa shape index (κ1) is 4.69. The third-order valence-corrected chi connectivity index (χ3v) is 5.79. The zero-order valence-electron chi connectivity index (χ0n) is 6.69. The molecule has 0 amide bonds. The summed E-state index contributed by atoms with van der Waals surface area (Å²) in [5, 5.41) is 0. The van der Waals surface area contributed by atoms with Crippen LogP contribution in [0.1, 0.15) is 32.1 Å². The van der Waals surface area contributed by atoms with Crippen LogP contribution in [0, 0.1) is 22.7 Å². The van der Waals surface area contributed by atoms with Gasteiger partial charge in [-0.3, -0.25) is 0 Å². The molecule has 4 saturated carbocycles. The molecule has 4 fully saturated rings. The van der Waals surface area contributed by atoms with Gasteiger partial charge in [-0.2, -0.15) is 0 Å². The Kier molecular flexibility index (Phi) is 0.384. The summed E-state index contributed by atoms with van der Waals surface area (Å²) < 4.78 is 0. The second kappa shape index (κ2) is 0.901. The predicted octanol–water partition coefficient (Wildman–Crippen LogP) is 2.51. The van der Waals surface area contributed by atoms with Crippen molar-refractivity contribution in [2.45, 2.75) is 32.1 Å². The Bertz CT molecular complexity index is 338. The SMILES string of the molecule is C1CC23C4=C1C21CCC(C1)C43. The summed E-state index contributed by atoms with van der Waals surface area (Å²) in [4.78, 5) is 0. The van der Waals surface area contributed by atoms with Crippen LogP contribution in [-0.4, -0.2) is 0 Å². The Balaban J connectivity index is 2.00. The summed E-state index contributed by atoms with van der Waals surface area (Å²) in [6, 6.07) is 0. The summed E-state index contributed by atoms with van der Waals surface area (Å²) in [7, 11) is 0. The van der Waals surface area contributed by atoms with E-state index in [2.05, 4.69) is 0 Å². The molecule has 0 N–H and O–H groups in total. The van der Waals surface area contributed by atoms with E-state index >= 15 is 0 Å². The highest BCUT2D eigenvalue weighted by atomic mass is 14.9. The fourth-order valence-electron chi connectivity index (χ4n) is 5.79. The van der Waals surface area contributed by atoms with E-state index < -0.39 is 0 Å². The van der Waals surface area contributed by atoms with Gasteiger partial charge in [-0.1, -0.05) is 11.1 Å². The van der Waals surface area contributed by atoms with E-state index in [4.69, 9.17) is 0 Å². The van der Waals surface area contributed by atoms with Crippen molar-refractivity contribution in [1.82, 2.24) is 0 Å². The first-order valence-corrected chi connectivity index (χ1v) is 5.14. The highest BCUT2D eigenvalue weighted by Crippen LogP contribution is 2.98. The molecule has 0 saturated heterocycles. The number of hydrogen-bond acceptors (Lipinski definition) is 0. The Morgan fingerprint density at radius 3 is 3.09 bits per heavy atom. The maximum atomic E-state index is 2.01. The fourth-order valence-corrected chi connectivity index (χ4v) is 5.79. The molecule has 6 aliphatic carbocycles. The molecule has 4 atom stereocenters. The van der Waals surface area contributed by atoms with Crippen LogP contribution in [0.3, 0.4) is 0 Å². The lowest BCUT2D eigenvalue weighted by Gasteiger charge is -2.38. The summed E-state index contributed by atoms with van der Waals surface area (Å²) in [6.45, 7) is 0. The molecule has 0 aromatic rings. The second-order valence-electron chi connectivity index (χ2n) is 5.43. The van der Waals surface area contributed by atoms with Gasteiger partial charge >= 0.3 is 0 Å². The zero-order chi connectivity index (χ0) is 6.84. The van der Waals surface area contributed by atoms with Crippen molar-refractivity contribution in [2.24, 2.45) is 22.7 Å². The third-order valence-electron chi connectivity index (χ3n) is 5.79. The Labute approximate surface area is 66.7 Å². The Morgan fingerprint density at radius 2 is 2.27 bits per heavy atom. The summed E-state index contributed by atoms with van der Waals surface area (Å²) in [5.41, 5.74) is 5.77. The average Bonchev–Trinajstić information content (AvgIpc) is 2.55. The molecular formula is C11H12. The summed E-state index contributed by atoms with van der Waals surface area (Å²) in [5.74, 6) is 2.34. The van der Waals surface area contributed by atoms with Crippen molar-refractivity contribution >= 4 is 0 Å². The van der Waals surface area contributed by atoms with E-state index in [0.717, 1.165) is 10.8 Å². The van der Waals surface area contributed by atoms with Crippen LogP contribution in [0.15, 0.2) is 11.1 Å². The lowest BCUT2D eigenvalue weighted by Crippen LogP contribution is -2.30. The van der Waals surface area contributed by atoms with Crippen molar-refractivity contribution < 1.29 is 0 Å². The van der Waals surface area contributed by atoms with Crippen molar-refractivity contribution in [3.8, 4) is 0 Å². The Morgan fingerprint density at radius 1 is 1.27 bits per heavy atom. The summed E-state index contributed by atoms with van der Waals surface area (Å²) >= 11 is 0. The van der Waals surface area contributed by atoms with Gasteiger partial charge in [0.15, 0.2) is 0 Å². The van der Waals surface area contributed by atoms with E-state index in [1.807, 2.05) is 11.1 Å². The smallest absolute Gasteiger partial charge is 0.00831 e. The van der Waals surface area contributed by atoms with Gasteiger partial charge in [-0.05, 0) is 43.9 Å². The normalized spacial score (nSPS) is 72.0. The highest BCUT2D eigenvalue weighted by molar-refractivity contribution is 5.68.